The molecule has 2 rings (SSSR count). The van der Waals surface area contributed by atoms with Crippen molar-refractivity contribution < 1.29 is 5.11 Å². The lowest BCUT2D eigenvalue weighted by molar-refractivity contribution is 0.319. The number of nitrogens with zero attached hydrogens (tertiary/aromatic N) is 1. The summed E-state index contributed by atoms with van der Waals surface area (Å²) in [6, 6.07) is 2.92. The maximum atomic E-state index is 8.58. The average molecular weight is 221 g/mol. The Kier molecular flexibility index (Phi) is 3.42. The Morgan fingerprint density at radius 3 is 3.07 bits per heavy atom. The van der Waals surface area contributed by atoms with E-state index >= 15 is 0 Å². The van der Waals surface area contributed by atoms with E-state index in [1.54, 1.807) is 11.3 Å². The molecule has 1 aliphatic rings. The molecule has 1 aromatic rings. The first kappa shape index (κ1) is 10.7. The van der Waals surface area contributed by atoms with E-state index < -0.39 is 0 Å². The molecule has 2 nitrogen and oxygen atoms in total. The van der Waals surface area contributed by atoms with Crippen molar-refractivity contribution in [2.24, 2.45) is 0 Å². The van der Waals surface area contributed by atoms with E-state index in [2.05, 4.69) is 35.2 Å². The van der Waals surface area contributed by atoms with Gasteiger partial charge in [0.05, 0.1) is 0 Å². The van der Waals surface area contributed by atoms with Crippen LogP contribution in [0.2, 0.25) is 0 Å². The number of hydrogen-bond donors (Lipinski definition) is 1. The number of aliphatic hydroxyl groups is 1. The SMILES string of the molecule is CN(Cc1cc(C#CCO)cs1)C1CC1. The quantitative estimate of drug-likeness (QED) is 0.785. The van der Waals surface area contributed by atoms with Crippen molar-refractivity contribution in [3.8, 4) is 11.8 Å². The fourth-order valence-electron chi connectivity index (χ4n) is 1.56. The second kappa shape index (κ2) is 4.80. The van der Waals surface area contributed by atoms with Gasteiger partial charge in [-0.3, -0.25) is 4.90 Å². The van der Waals surface area contributed by atoms with Crippen LogP contribution in [0.3, 0.4) is 0 Å². The topological polar surface area (TPSA) is 23.5 Å². The lowest BCUT2D eigenvalue weighted by Gasteiger charge is -2.13. The minimum atomic E-state index is -0.0623. The molecule has 1 heterocycles. The highest BCUT2D eigenvalue weighted by Crippen LogP contribution is 2.27. The zero-order chi connectivity index (χ0) is 10.7. The summed E-state index contributed by atoms with van der Waals surface area (Å²) in [5.74, 6) is 5.59. The summed E-state index contributed by atoms with van der Waals surface area (Å²) in [6.07, 6.45) is 2.69. The van der Waals surface area contributed by atoms with Gasteiger partial charge in [0, 0.05) is 28.4 Å². The van der Waals surface area contributed by atoms with Crippen molar-refractivity contribution in [3.05, 3.63) is 21.9 Å². The van der Waals surface area contributed by atoms with Crippen LogP contribution in [0.25, 0.3) is 0 Å². The number of aliphatic hydroxyl groups excluding tert-OH is 1. The standard InChI is InChI=1S/C12H15NOS/c1-13(11-4-5-11)8-12-7-10(9-15-12)3-2-6-14/h7,9,11,14H,4-6,8H2,1H3. The number of hydrogen-bond acceptors (Lipinski definition) is 3. The Bertz CT molecular complexity index is 384. The molecule has 0 saturated heterocycles. The molecule has 1 saturated carbocycles. The summed E-state index contributed by atoms with van der Waals surface area (Å²) in [6.45, 7) is 0.962. The van der Waals surface area contributed by atoms with Gasteiger partial charge in [0.25, 0.3) is 0 Å². The highest BCUT2D eigenvalue weighted by Gasteiger charge is 2.25. The van der Waals surface area contributed by atoms with E-state index in [1.165, 1.54) is 17.7 Å². The van der Waals surface area contributed by atoms with Gasteiger partial charge >= 0.3 is 0 Å². The smallest absolute Gasteiger partial charge is 0.104 e. The highest BCUT2D eigenvalue weighted by molar-refractivity contribution is 7.10. The van der Waals surface area contributed by atoms with Crippen LogP contribution in [0.4, 0.5) is 0 Å². The van der Waals surface area contributed by atoms with Gasteiger partial charge in [-0.1, -0.05) is 11.8 Å². The highest BCUT2D eigenvalue weighted by atomic mass is 32.1. The minimum absolute atomic E-state index is 0.0623. The van der Waals surface area contributed by atoms with Gasteiger partial charge in [-0.05, 0) is 26.0 Å². The zero-order valence-electron chi connectivity index (χ0n) is 8.86. The molecule has 1 aliphatic carbocycles. The molecule has 1 N–H and O–H groups in total. The number of thiophene rings is 1. The molecule has 80 valence electrons. The van der Waals surface area contributed by atoms with Crippen molar-refractivity contribution in [2.45, 2.75) is 25.4 Å². The molecular weight excluding hydrogens is 206 g/mol. The van der Waals surface area contributed by atoms with E-state index in [9.17, 15) is 0 Å². The van der Waals surface area contributed by atoms with Gasteiger partial charge < -0.3 is 5.11 Å². The Morgan fingerprint density at radius 1 is 1.60 bits per heavy atom. The van der Waals surface area contributed by atoms with Crippen LogP contribution < -0.4 is 0 Å². The Balaban J connectivity index is 1.94. The Hall–Kier alpha value is -0.820. The minimum Gasteiger partial charge on any atom is -0.384 e. The van der Waals surface area contributed by atoms with Gasteiger partial charge in [0.15, 0.2) is 0 Å². The zero-order valence-corrected chi connectivity index (χ0v) is 9.68. The Morgan fingerprint density at radius 2 is 2.40 bits per heavy atom. The van der Waals surface area contributed by atoms with E-state index in [0.29, 0.717) is 0 Å². The average Bonchev–Trinajstić information content (AvgIpc) is 2.99. The molecule has 0 aromatic carbocycles. The van der Waals surface area contributed by atoms with Crippen LogP contribution in [-0.4, -0.2) is 29.7 Å². The molecule has 0 unspecified atom stereocenters. The van der Waals surface area contributed by atoms with Crippen molar-refractivity contribution >= 4 is 11.3 Å². The first-order chi connectivity index (χ1) is 7.29. The second-order valence-electron chi connectivity index (χ2n) is 3.91. The van der Waals surface area contributed by atoms with Crippen LogP contribution in [-0.2, 0) is 6.54 Å². The maximum Gasteiger partial charge on any atom is 0.104 e. The van der Waals surface area contributed by atoms with Gasteiger partial charge in [-0.15, -0.1) is 11.3 Å². The van der Waals surface area contributed by atoms with E-state index in [4.69, 9.17) is 5.11 Å². The Labute approximate surface area is 94.5 Å². The molecule has 3 heteroatoms. The second-order valence-corrected chi connectivity index (χ2v) is 4.90. The first-order valence-electron chi connectivity index (χ1n) is 5.17. The van der Waals surface area contributed by atoms with Gasteiger partial charge in [-0.25, -0.2) is 0 Å². The summed E-state index contributed by atoms with van der Waals surface area (Å²) in [4.78, 5) is 3.75. The molecule has 0 bridgehead atoms. The molecule has 15 heavy (non-hydrogen) atoms. The molecule has 1 fully saturated rings. The van der Waals surface area contributed by atoms with Crippen LogP contribution in [0, 0.1) is 11.8 Å². The third-order valence-corrected chi connectivity index (χ3v) is 3.46. The van der Waals surface area contributed by atoms with Crippen LogP contribution in [0.5, 0.6) is 0 Å². The van der Waals surface area contributed by atoms with Crippen molar-refractivity contribution in [2.75, 3.05) is 13.7 Å². The summed E-state index contributed by atoms with van der Waals surface area (Å²) < 4.78 is 0. The fraction of sp³-hybridized carbons (Fsp3) is 0.500. The third kappa shape index (κ3) is 3.07. The van der Waals surface area contributed by atoms with Crippen molar-refractivity contribution in [1.29, 1.82) is 0 Å². The fourth-order valence-corrected chi connectivity index (χ4v) is 2.44. The lowest BCUT2D eigenvalue weighted by Crippen LogP contribution is -2.19. The summed E-state index contributed by atoms with van der Waals surface area (Å²) in [5.41, 5.74) is 1.02. The molecule has 1 aromatic heterocycles. The van der Waals surface area contributed by atoms with E-state index in [-0.39, 0.29) is 6.61 Å². The molecule has 0 atom stereocenters. The largest absolute Gasteiger partial charge is 0.384 e. The normalized spacial score (nSPS) is 15.1. The molecule has 0 aliphatic heterocycles. The molecule has 0 amide bonds. The van der Waals surface area contributed by atoms with Crippen LogP contribution >= 0.6 is 11.3 Å². The van der Waals surface area contributed by atoms with Gasteiger partial charge in [-0.2, -0.15) is 0 Å². The monoisotopic (exact) mass is 221 g/mol. The third-order valence-electron chi connectivity index (χ3n) is 2.54. The molecule has 0 spiro atoms. The predicted molar refractivity (Wildman–Crippen MR) is 62.8 cm³/mol. The van der Waals surface area contributed by atoms with Crippen LogP contribution in [0.15, 0.2) is 11.4 Å². The van der Waals surface area contributed by atoms with Crippen LogP contribution in [0.1, 0.15) is 23.3 Å². The van der Waals surface area contributed by atoms with Crippen molar-refractivity contribution in [1.82, 2.24) is 4.90 Å². The van der Waals surface area contributed by atoms with Gasteiger partial charge in [0.2, 0.25) is 0 Å². The molecule has 0 radical (unpaired) electrons. The summed E-state index contributed by atoms with van der Waals surface area (Å²) >= 11 is 1.75. The maximum absolute atomic E-state index is 8.58. The van der Waals surface area contributed by atoms with Gasteiger partial charge in [0.1, 0.15) is 6.61 Å². The van der Waals surface area contributed by atoms with Crippen molar-refractivity contribution in [3.63, 3.8) is 0 Å². The van der Waals surface area contributed by atoms with E-state index in [1.807, 2.05) is 0 Å². The summed E-state index contributed by atoms with van der Waals surface area (Å²) in [7, 11) is 2.18. The number of rotatable bonds is 3. The first-order valence-corrected chi connectivity index (χ1v) is 6.05. The van der Waals surface area contributed by atoms with E-state index in [0.717, 1.165) is 18.2 Å². The lowest BCUT2D eigenvalue weighted by atomic mass is 10.3. The predicted octanol–water partition coefficient (Wildman–Crippen LogP) is 1.69. The molecular formula is C12H15NOS. The summed E-state index contributed by atoms with van der Waals surface area (Å²) in [5, 5.41) is 10.6.